The van der Waals surface area contributed by atoms with E-state index in [1.54, 1.807) is 0 Å². The van der Waals surface area contributed by atoms with Gasteiger partial charge >= 0.3 is 5.97 Å². The molecule has 0 saturated heterocycles. The van der Waals surface area contributed by atoms with Crippen molar-refractivity contribution in [3.05, 3.63) is 11.6 Å². The fourth-order valence-electron chi connectivity index (χ4n) is 3.38. The second kappa shape index (κ2) is 5.94. The number of carbonyl (C=O) groups is 1. The van der Waals surface area contributed by atoms with Gasteiger partial charge in [-0.1, -0.05) is 25.7 Å². The van der Waals surface area contributed by atoms with Crippen molar-refractivity contribution in [3.63, 3.8) is 0 Å². The third-order valence-corrected chi connectivity index (χ3v) is 4.46. The number of aryl methyl sites for hydroxylation is 1. The van der Waals surface area contributed by atoms with E-state index in [1.165, 1.54) is 0 Å². The van der Waals surface area contributed by atoms with Crippen LogP contribution in [0.15, 0.2) is 0 Å². The lowest BCUT2D eigenvalue weighted by atomic mass is 9.77. The van der Waals surface area contributed by atoms with Crippen molar-refractivity contribution >= 4 is 5.97 Å². The van der Waals surface area contributed by atoms with Crippen molar-refractivity contribution in [2.24, 2.45) is 5.41 Å². The summed E-state index contributed by atoms with van der Waals surface area (Å²) in [6, 6.07) is 0.261. The Bertz CT molecular complexity index is 471. The molecule has 5 nitrogen and oxygen atoms in total. The van der Waals surface area contributed by atoms with Crippen LogP contribution in [0.1, 0.15) is 70.1 Å². The van der Waals surface area contributed by atoms with E-state index in [-0.39, 0.29) is 6.04 Å². The highest BCUT2D eigenvalue weighted by atomic mass is 16.4. The minimum absolute atomic E-state index is 0.261. The fourth-order valence-corrected chi connectivity index (χ4v) is 3.38. The molecular formula is C15H25N3O2. The van der Waals surface area contributed by atoms with Gasteiger partial charge in [-0.05, 0) is 33.6 Å². The summed E-state index contributed by atoms with van der Waals surface area (Å²) in [4.78, 5) is 11.9. The van der Waals surface area contributed by atoms with Crippen molar-refractivity contribution in [1.82, 2.24) is 14.8 Å². The van der Waals surface area contributed by atoms with E-state index >= 15 is 0 Å². The molecule has 5 heteroatoms. The topological polar surface area (TPSA) is 68.0 Å². The summed E-state index contributed by atoms with van der Waals surface area (Å²) >= 11 is 0. The molecule has 0 aliphatic heterocycles. The van der Waals surface area contributed by atoms with Crippen LogP contribution in [0.2, 0.25) is 0 Å². The van der Waals surface area contributed by atoms with Crippen LogP contribution in [0.5, 0.6) is 0 Å². The predicted molar refractivity (Wildman–Crippen MR) is 76.6 cm³/mol. The molecule has 2 rings (SSSR count). The first-order valence-corrected chi connectivity index (χ1v) is 7.60. The molecular weight excluding hydrogens is 254 g/mol. The maximum absolute atomic E-state index is 11.9. The van der Waals surface area contributed by atoms with Crippen molar-refractivity contribution in [2.45, 2.75) is 71.8 Å². The zero-order valence-electron chi connectivity index (χ0n) is 12.7. The van der Waals surface area contributed by atoms with Crippen molar-refractivity contribution in [3.8, 4) is 0 Å². The highest BCUT2D eigenvalue weighted by Gasteiger charge is 2.40. The lowest BCUT2D eigenvalue weighted by molar-refractivity contribution is -0.150. The zero-order valence-corrected chi connectivity index (χ0v) is 12.7. The Labute approximate surface area is 120 Å². The van der Waals surface area contributed by atoms with E-state index in [9.17, 15) is 9.90 Å². The van der Waals surface area contributed by atoms with Crippen LogP contribution in [0.3, 0.4) is 0 Å². The number of nitrogens with zero attached hydrogens (tertiary/aromatic N) is 3. The molecule has 1 N–H and O–H groups in total. The SMILES string of the molecule is Cc1nnc(CC2(C(=O)O)CCCCCC2)n1C(C)C. The lowest BCUT2D eigenvalue weighted by Crippen LogP contribution is -2.34. The average molecular weight is 279 g/mol. The van der Waals surface area contributed by atoms with Gasteiger partial charge in [0.1, 0.15) is 11.6 Å². The quantitative estimate of drug-likeness (QED) is 0.860. The van der Waals surface area contributed by atoms with Crippen LogP contribution in [0.4, 0.5) is 0 Å². The molecule has 1 aromatic rings. The highest BCUT2D eigenvalue weighted by molar-refractivity contribution is 5.75. The summed E-state index contributed by atoms with van der Waals surface area (Å²) in [5.41, 5.74) is -0.650. The normalized spacial score (nSPS) is 19.0. The molecule has 0 spiro atoms. The Morgan fingerprint density at radius 2 is 1.85 bits per heavy atom. The monoisotopic (exact) mass is 279 g/mol. The summed E-state index contributed by atoms with van der Waals surface area (Å²) in [5.74, 6) is 1.02. The highest BCUT2D eigenvalue weighted by Crippen LogP contribution is 2.38. The largest absolute Gasteiger partial charge is 0.481 e. The average Bonchev–Trinajstić information content (AvgIpc) is 2.60. The molecule has 0 radical (unpaired) electrons. The standard InChI is InChI=1S/C15H25N3O2/c1-11(2)18-12(3)16-17-13(18)10-15(14(19)20)8-6-4-5-7-9-15/h11H,4-10H2,1-3H3,(H,19,20). The van der Waals surface area contributed by atoms with Gasteiger partial charge in [0.05, 0.1) is 5.41 Å². The van der Waals surface area contributed by atoms with Crippen LogP contribution in [0.25, 0.3) is 0 Å². The van der Waals surface area contributed by atoms with Crippen LogP contribution in [-0.4, -0.2) is 25.8 Å². The minimum Gasteiger partial charge on any atom is -0.481 e. The first-order valence-electron chi connectivity index (χ1n) is 7.60. The maximum Gasteiger partial charge on any atom is 0.310 e. The lowest BCUT2D eigenvalue weighted by Gasteiger charge is -2.28. The number of rotatable bonds is 4. The van der Waals surface area contributed by atoms with Gasteiger partial charge < -0.3 is 9.67 Å². The molecule has 1 fully saturated rings. The number of carboxylic acids is 1. The molecule has 20 heavy (non-hydrogen) atoms. The molecule has 1 saturated carbocycles. The second-order valence-corrected chi connectivity index (χ2v) is 6.30. The molecule has 0 unspecified atom stereocenters. The van der Waals surface area contributed by atoms with Crippen molar-refractivity contribution < 1.29 is 9.90 Å². The molecule has 1 aromatic heterocycles. The van der Waals surface area contributed by atoms with Crippen LogP contribution < -0.4 is 0 Å². The predicted octanol–water partition coefficient (Wildman–Crippen LogP) is 3.14. The summed E-state index contributed by atoms with van der Waals surface area (Å²) in [5, 5.41) is 18.1. The van der Waals surface area contributed by atoms with Gasteiger partial charge in [0, 0.05) is 12.5 Å². The second-order valence-electron chi connectivity index (χ2n) is 6.30. The van der Waals surface area contributed by atoms with Gasteiger partial charge in [-0.15, -0.1) is 10.2 Å². The number of aliphatic carboxylic acids is 1. The number of carboxylic acid groups (broad SMARTS) is 1. The van der Waals surface area contributed by atoms with Crippen LogP contribution >= 0.6 is 0 Å². The minimum atomic E-state index is -0.671. The summed E-state index contributed by atoms with van der Waals surface area (Å²) in [6.45, 7) is 6.10. The molecule has 1 aliphatic carbocycles. The molecule has 0 aromatic carbocycles. The number of hydrogen-bond acceptors (Lipinski definition) is 3. The van der Waals surface area contributed by atoms with Crippen LogP contribution in [0, 0.1) is 12.3 Å². The summed E-state index contributed by atoms with van der Waals surface area (Å²) < 4.78 is 2.07. The van der Waals surface area contributed by atoms with E-state index in [0.717, 1.165) is 50.2 Å². The van der Waals surface area contributed by atoms with Crippen molar-refractivity contribution in [1.29, 1.82) is 0 Å². The van der Waals surface area contributed by atoms with Crippen molar-refractivity contribution in [2.75, 3.05) is 0 Å². The van der Waals surface area contributed by atoms with E-state index < -0.39 is 11.4 Å². The molecule has 1 heterocycles. The maximum atomic E-state index is 11.9. The molecule has 0 atom stereocenters. The molecule has 112 valence electrons. The summed E-state index contributed by atoms with van der Waals surface area (Å²) in [6.07, 6.45) is 6.30. The van der Waals surface area contributed by atoms with Gasteiger partial charge in [-0.25, -0.2) is 0 Å². The Morgan fingerprint density at radius 1 is 1.25 bits per heavy atom. The van der Waals surface area contributed by atoms with Crippen LogP contribution in [-0.2, 0) is 11.2 Å². The van der Waals surface area contributed by atoms with Gasteiger partial charge in [-0.3, -0.25) is 4.79 Å². The third kappa shape index (κ3) is 2.86. The Balaban J connectivity index is 2.31. The Morgan fingerprint density at radius 3 is 2.35 bits per heavy atom. The number of hydrogen-bond donors (Lipinski definition) is 1. The van der Waals surface area contributed by atoms with E-state index in [1.807, 2.05) is 6.92 Å². The van der Waals surface area contributed by atoms with E-state index in [2.05, 4.69) is 28.6 Å². The smallest absolute Gasteiger partial charge is 0.310 e. The molecule has 0 amide bonds. The van der Waals surface area contributed by atoms with E-state index in [4.69, 9.17) is 0 Å². The summed E-state index contributed by atoms with van der Waals surface area (Å²) in [7, 11) is 0. The first-order chi connectivity index (χ1) is 9.46. The first kappa shape index (κ1) is 15.0. The zero-order chi connectivity index (χ0) is 14.8. The Kier molecular flexibility index (Phi) is 4.45. The molecule has 1 aliphatic rings. The fraction of sp³-hybridized carbons (Fsp3) is 0.800. The molecule has 0 bridgehead atoms. The van der Waals surface area contributed by atoms with Gasteiger partial charge in [0.25, 0.3) is 0 Å². The Hall–Kier alpha value is -1.39. The van der Waals surface area contributed by atoms with Gasteiger partial charge in [0.2, 0.25) is 0 Å². The van der Waals surface area contributed by atoms with Gasteiger partial charge in [0.15, 0.2) is 0 Å². The number of aromatic nitrogens is 3. The van der Waals surface area contributed by atoms with Gasteiger partial charge in [-0.2, -0.15) is 0 Å². The van der Waals surface area contributed by atoms with E-state index in [0.29, 0.717) is 6.42 Å². The third-order valence-electron chi connectivity index (χ3n) is 4.46.